The SMILES string of the molecule is COc1ccc(C2C(C(=O)O)C(c3ccc4c(c3)OCO4)CN2CC(=O)N2C[C@@H](C)C[C@H](C)C2)cc1. The van der Waals surface area contributed by atoms with Gasteiger partial charge in [0, 0.05) is 31.6 Å². The Bertz CT molecular complexity index is 1110. The lowest BCUT2D eigenvalue weighted by molar-refractivity contribution is -0.144. The Morgan fingerprint density at radius 3 is 2.31 bits per heavy atom. The fourth-order valence-electron chi connectivity index (χ4n) is 6.21. The Balaban J connectivity index is 1.48. The van der Waals surface area contributed by atoms with Crippen LogP contribution < -0.4 is 14.2 Å². The van der Waals surface area contributed by atoms with Crippen molar-refractivity contribution in [3.63, 3.8) is 0 Å². The van der Waals surface area contributed by atoms with Crippen LogP contribution in [0.3, 0.4) is 0 Å². The van der Waals surface area contributed by atoms with Crippen LogP contribution in [0.25, 0.3) is 0 Å². The number of carbonyl (C=O) groups is 2. The molecule has 8 heteroatoms. The minimum atomic E-state index is -0.881. The summed E-state index contributed by atoms with van der Waals surface area (Å²) in [5.41, 5.74) is 1.74. The molecule has 3 aliphatic heterocycles. The van der Waals surface area contributed by atoms with E-state index in [1.54, 1.807) is 7.11 Å². The van der Waals surface area contributed by atoms with Gasteiger partial charge in [-0.1, -0.05) is 32.0 Å². The standard InChI is InChI=1S/C28H34N2O6/c1-17-10-18(2)13-29(12-17)25(31)15-30-14-22(20-6-9-23-24(11-20)36-16-35-23)26(28(32)33)27(30)19-4-7-21(34-3)8-5-19/h4-9,11,17-18,22,26-27H,10,12-16H2,1-3H3,(H,32,33)/t17-,18-,22?,26?,27?/m0/s1. The Kier molecular flexibility index (Phi) is 6.79. The van der Waals surface area contributed by atoms with Crippen molar-refractivity contribution in [3.05, 3.63) is 53.6 Å². The molecule has 0 bridgehead atoms. The predicted molar refractivity (Wildman–Crippen MR) is 133 cm³/mol. The monoisotopic (exact) mass is 494 g/mol. The molecule has 0 aromatic heterocycles. The molecule has 2 saturated heterocycles. The Morgan fingerprint density at radius 2 is 1.64 bits per heavy atom. The van der Waals surface area contributed by atoms with Crippen LogP contribution in [0, 0.1) is 17.8 Å². The van der Waals surface area contributed by atoms with E-state index in [0.717, 1.165) is 30.6 Å². The zero-order valence-corrected chi connectivity index (χ0v) is 21.1. The Hall–Kier alpha value is -3.26. The smallest absolute Gasteiger partial charge is 0.309 e. The number of piperidine rings is 1. The number of benzene rings is 2. The highest BCUT2D eigenvalue weighted by atomic mass is 16.7. The molecule has 3 unspecified atom stereocenters. The summed E-state index contributed by atoms with van der Waals surface area (Å²) in [6.07, 6.45) is 1.12. The molecule has 0 spiro atoms. The van der Waals surface area contributed by atoms with Crippen LogP contribution in [-0.4, -0.2) is 66.9 Å². The van der Waals surface area contributed by atoms with Gasteiger partial charge in [0.25, 0.3) is 0 Å². The second kappa shape index (κ2) is 10.0. The van der Waals surface area contributed by atoms with Crippen molar-refractivity contribution in [2.45, 2.75) is 32.2 Å². The molecular weight excluding hydrogens is 460 g/mol. The van der Waals surface area contributed by atoms with E-state index in [1.165, 1.54) is 0 Å². The van der Waals surface area contributed by atoms with Crippen molar-refractivity contribution in [2.75, 3.05) is 40.1 Å². The molecule has 1 N–H and O–H groups in total. The summed E-state index contributed by atoms with van der Waals surface area (Å²) in [6, 6.07) is 12.7. The molecule has 2 fully saturated rings. The summed E-state index contributed by atoms with van der Waals surface area (Å²) in [5, 5.41) is 10.4. The average molecular weight is 495 g/mol. The summed E-state index contributed by atoms with van der Waals surface area (Å²) < 4.78 is 16.3. The number of ether oxygens (including phenoxy) is 3. The maximum Gasteiger partial charge on any atom is 0.309 e. The second-order valence-corrected chi connectivity index (χ2v) is 10.5. The number of aliphatic carboxylic acids is 1. The number of hydrogen-bond acceptors (Lipinski definition) is 6. The third-order valence-electron chi connectivity index (χ3n) is 7.73. The molecule has 3 aliphatic rings. The predicted octanol–water partition coefficient (Wildman–Crippen LogP) is 3.77. The van der Waals surface area contributed by atoms with E-state index in [1.807, 2.05) is 52.3 Å². The number of hydrogen-bond donors (Lipinski definition) is 1. The fourth-order valence-corrected chi connectivity index (χ4v) is 6.21. The summed E-state index contributed by atoms with van der Waals surface area (Å²) in [6.45, 7) is 6.66. The second-order valence-electron chi connectivity index (χ2n) is 10.5. The first-order valence-corrected chi connectivity index (χ1v) is 12.6. The van der Waals surface area contributed by atoms with Crippen molar-refractivity contribution in [2.24, 2.45) is 17.8 Å². The molecule has 36 heavy (non-hydrogen) atoms. The number of nitrogens with zero attached hydrogens (tertiary/aromatic N) is 2. The van der Waals surface area contributed by atoms with Gasteiger partial charge in [0.2, 0.25) is 12.7 Å². The van der Waals surface area contributed by atoms with E-state index in [4.69, 9.17) is 14.2 Å². The molecule has 0 aliphatic carbocycles. The minimum Gasteiger partial charge on any atom is -0.497 e. The van der Waals surface area contributed by atoms with Crippen molar-refractivity contribution in [1.29, 1.82) is 0 Å². The van der Waals surface area contributed by atoms with Crippen molar-refractivity contribution < 1.29 is 28.9 Å². The van der Waals surface area contributed by atoms with Crippen LogP contribution in [0.4, 0.5) is 0 Å². The number of carbonyl (C=O) groups excluding carboxylic acids is 1. The maximum absolute atomic E-state index is 13.5. The molecule has 5 rings (SSSR count). The molecule has 0 saturated carbocycles. The van der Waals surface area contributed by atoms with E-state index in [2.05, 4.69) is 13.8 Å². The number of likely N-dealkylation sites (tertiary alicyclic amines) is 2. The van der Waals surface area contributed by atoms with Gasteiger partial charge in [-0.15, -0.1) is 0 Å². The third-order valence-corrected chi connectivity index (χ3v) is 7.73. The summed E-state index contributed by atoms with van der Waals surface area (Å²) in [7, 11) is 1.60. The van der Waals surface area contributed by atoms with Gasteiger partial charge in [-0.2, -0.15) is 0 Å². The van der Waals surface area contributed by atoms with Crippen LogP contribution in [0.1, 0.15) is 43.4 Å². The van der Waals surface area contributed by atoms with Crippen molar-refractivity contribution >= 4 is 11.9 Å². The summed E-state index contributed by atoms with van der Waals surface area (Å²) in [5.74, 6) is 1.05. The van der Waals surface area contributed by atoms with E-state index >= 15 is 0 Å². The van der Waals surface area contributed by atoms with Crippen molar-refractivity contribution in [3.8, 4) is 17.2 Å². The van der Waals surface area contributed by atoms with Crippen LogP contribution >= 0.6 is 0 Å². The Morgan fingerprint density at radius 1 is 0.972 bits per heavy atom. The van der Waals surface area contributed by atoms with Gasteiger partial charge in [0.05, 0.1) is 19.6 Å². The van der Waals surface area contributed by atoms with Gasteiger partial charge in [-0.3, -0.25) is 14.5 Å². The summed E-state index contributed by atoms with van der Waals surface area (Å²) >= 11 is 0. The topological polar surface area (TPSA) is 88.5 Å². The fraction of sp³-hybridized carbons (Fsp3) is 0.500. The largest absolute Gasteiger partial charge is 0.497 e. The van der Waals surface area contributed by atoms with E-state index in [9.17, 15) is 14.7 Å². The van der Waals surface area contributed by atoms with Gasteiger partial charge >= 0.3 is 5.97 Å². The van der Waals surface area contributed by atoms with Crippen molar-refractivity contribution in [1.82, 2.24) is 9.80 Å². The molecule has 2 aromatic carbocycles. The first-order chi connectivity index (χ1) is 17.3. The molecule has 192 valence electrons. The lowest BCUT2D eigenvalue weighted by atomic mass is 9.82. The zero-order chi connectivity index (χ0) is 25.4. The van der Waals surface area contributed by atoms with Gasteiger partial charge in [0.15, 0.2) is 11.5 Å². The number of rotatable bonds is 6. The Labute approximate surface area is 211 Å². The van der Waals surface area contributed by atoms with E-state index in [-0.39, 0.29) is 25.2 Å². The molecular formula is C28H34N2O6. The van der Waals surface area contributed by atoms with Crippen LogP contribution in [0.2, 0.25) is 0 Å². The highest BCUT2D eigenvalue weighted by Gasteiger charge is 2.48. The molecule has 8 nitrogen and oxygen atoms in total. The number of methoxy groups -OCH3 is 1. The first kappa shape index (κ1) is 24.4. The number of carboxylic acid groups (broad SMARTS) is 1. The summed E-state index contributed by atoms with van der Waals surface area (Å²) in [4.78, 5) is 30.2. The normalized spacial score (nSPS) is 27.8. The first-order valence-electron chi connectivity index (χ1n) is 12.6. The highest BCUT2D eigenvalue weighted by Crippen LogP contribution is 2.47. The molecule has 3 heterocycles. The van der Waals surface area contributed by atoms with Crippen LogP contribution in [0.15, 0.2) is 42.5 Å². The number of fused-ring (bicyclic) bond motifs is 1. The number of carboxylic acids is 1. The molecule has 2 aromatic rings. The van der Waals surface area contributed by atoms with Gasteiger partial charge < -0.3 is 24.2 Å². The number of amides is 1. The van der Waals surface area contributed by atoms with E-state index in [0.29, 0.717) is 35.6 Å². The third kappa shape index (κ3) is 4.74. The van der Waals surface area contributed by atoms with Gasteiger partial charge in [0.1, 0.15) is 5.75 Å². The zero-order valence-electron chi connectivity index (χ0n) is 21.1. The van der Waals surface area contributed by atoms with Gasteiger partial charge in [-0.05, 0) is 53.6 Å². The maximum atomic E-state index is 13.5. The van der Waals surface area contributed by atoms with E-state index < -0.39 is 17.9 Å². The quantitative estimate of drug-likeness (QED) is 0.654. The average Bonchev–Trinajstić information content (AvgIpc) is 3.47. The van der Waals surface area contributed by atoms with Crippen LogP contribution in [-0.2, 0) is 9.59 Å². The molecule has 1 amide bonds. The molecule has 0 radical (unpaired) electrons. The lowest BCUT2D eigenvalue weighted by Crippen LogP contribution is -2.47. The van der Waals surface area contributed by atoms with Gasteiger partial charge in [-0.25, -0.2) is 0 Å². The van der Waals surface area contributed by atoms with Crippen LogP contribution in [0.5, 0.6) is 17.2 Å². The minimum absolute atomic E-state index is 0.0578. The lowest BCUT2D eigenvalue weighted by Gasteiger charge is -2.36. The highest BCUT2D eigenvalue weighted by molar-refractivity contribution is 5.79. The molecule has 5 atom stereocenters.